The Morgan fingerprint density at radius 1 is 1.23 bits per heavy atom. The van der Waals surface area contributed by atoms with Crippen molar-refractivity contribution in [2.24, 2.45) is 0 Å². The Morgan fingerprint density at radius 2 is 2.05 bits per heavy atom. The van der Waals surface area contributed by atoms with Crippen molar-refractivity contribution in [3.63, 3.8) is 0 Å². The molecule has 1 heterocycles. The van der Waals surface area contributed by atoms with E-state index in [1.807, 2.05) is 12.1 Å². The first-order chi connectivity index (χ1) is 10.6. The second kappa shape index (κ2) is 5.72. The average molecular weight is 297 g/mol. The molecule has 0 saturated carbocycles. The smallest absolute Gasteiger partial charge is 0.262 e. The molecule has 1 N–H and O–H groups in total. The minimum absolute atomic E-state index is 0.0522. The second-order valence-electron chi connectivity index (χ2n) is 5.58. The minimum Gasteiger partial charge on any atom is -0.507 e. The van der Waals surface area contributed by atoms with Crippen molar-refractivity contribution in [1.82, 2.24) is 0 Å². The van der Waals surface area contributed by atoms with Gasteiger partial charge in [-0.25, -0.2) is 0 Å². The number of ether oxygens (including phenoxy) is 1. The number of benzene rings is 2. The number of phenolic OH excluding ortho intramolecular Hbond substituents is 1. The maximum atomic E-state index is 12.8. The van der Waals surface area contributed by atoms with E-state index in [9.17, 15) is 9.90 Å². The highest BCUT2D eigenvalue weighted by Crippen LogP contribution is 2.31. The van der Waals surface area contributed by atoms with Gasteiger partial charge >= 0.3 is 0 Å². The maximum Gasteiger partial charge on any atom is 0.262 e. The van der Waals surface area contributed by atoms with Crippen LogP contribution in [0.3, 0.4) is 0 Å². The first-order valence-electron chi connectivity index (χ1n) is 7.38. The van der Waals surface area contributed by atoms with Crippen molar-refractivity contribution in [2.75, 3.05) is 18.6 Å². The molecule has 22 heavy (non-hydrogen) atoms. The van der Waals surface area contributed by atoms with Gasteiger partial charge in [0.15, 0.2) is 0 Å². The summed E-state index contributed by atoms with van der Waals surface area (Å²) in [6, 6.07) is 10.9. The highest BCUT2D eigenvalue weighted by atomic mass is 16.5. The minimum atomic E-state index is -0.176. The molecule has 114 valence electrons. The van der Waals surface area contributed by atoms with Crippen LogP contribution in [0.25, 0.3) is 0 Å². The molecule has 2 aromatic carbocycles. The third kappa shape index (κ3) is 2.52. The number of rotatable bonds is 2. The average Bonchev–Trinajstić information content (AvgIpc) is 2.53. The zero-order valence-corrected chi connectivity index (χ0v) is 12.8. The fourth-order valence-corrected chi connectivity index (χ4v) is 2.90. The van der Waals surface area contributed by atoms with E-state index in [0.29, 0.717) is 17.9 Å². The Hall–Kier alpha value is -2.49. The van der Waals surface area contributed by atoms with E-state index in [1.54, 1.807) is 17.0 Å². The summed E-state index contributed by atoms with van der Waals surface area (Å²) in [6.07, 6.45) is 1.91. The number of amides is 1. The van der Waals surface area contributed by atoms with Crippen LogP contribution in [0.2, 0.25) is 0 Å². The summed E-state index contributed by atoms with van der Waals surface area (Å²) in [5, 5.41) is 10.1. The molecule has 0 unspecified atom stereocenters. The van der Waals surface area contributed by atoms with E-state index in [4.69, 9.17) is 4.74 Å². The lowest BCUT2D eigenvalue weighted by atomic mass is 9.98. The summed E-state index contributed by atoms with van der Waals surface area (Å²) in [5.74, 6) is 0.303. The molecule has 3 rings (SSSR count). The van der Waals surface area contributed by atoms with E-state index < -0.39 is 0 Å². The lowest BCUT2D eigenvalue weighted by Gasteiger charge is -2.30. The van der Waals surface area contributed by atoms with E-state index in [-0.39, 0.29) is 11.7 Å². The molecule has 0 aliphatic carbocycles. The highest BCUT2D eigenvalue weighted by molar-refractivity contribution is 6.08. The van der Waals surface area contributed by atoms with Gasteiger partial charge in [0.25, 0.3) is 5.91 Å². The third-order valence-electron chi connectivity index (χ3n) is 4.03. The first kappa shape index (κ1) is 14.4. The van der Waals surface area contributed by atoms with E-state index in [0.717, 1.165) is 18.5 Å². The van der Waals surface area contributed by atoms with Gasteiger partial charge in [-0.05, 0) is 43.5 Å². The molecule has 4 nitrogen and oxygen atoms in total. The van der Waals surface area contributed by atoms with Crippen molar-refractivity contribution in [1.29, 1.82) is 0 Å². The summed E-state index contributed by atoms with van der Waals surface area (Å²) in [4.78, 5) is 14.5. The molecule has 1 aliphatic rings. The summed E-state index contributed by atoms with van der Waals surface area (Å²) in [6.45, 7) is 2.72. The zero-order chi connectivity index (χ0) is 15.7. The number of phenols is 1. The number of carbonyl (C=O) groups is 1. The van der Waals surface area contributed by atoms with Gasteiger partial charge < -0.3 is 14.7 Å². The highest BCUT2D eigenvalue weighted by Gasteiger charge is 2.25. The molecule has 2 aromatic rings. The van der Waals surface area contributed by atoms with Gasteiger partial charge in [0.2, 0.25) is 0 Å². The molecule has 1 aliphatic heterocycles. The second-order valence-corrected chi connectivity index (χ2v) is 5.58. The Balaban J connectivity index is 1.97. The maximum absolute atomic E-state index is 12.8. The van der Waals surface area contributed by atoms with Crippen LogP contribution in [0.5, 0.6) is 11.5 Å². The molecule has 0 radical (unpaired) electrons. The molecule has 0 atom stereocenters. The Morgan fingerprint density at radius 3 is 2.77 bits per heavy atom. The quantitative estimate of drug-likeness (QED) is 0.925. The molecule has 0 fully saturated rings. The van der Waals surface area contributed by atoms with Crippen LogP contribution in [0.4, 0.5) is 5.69 Å². The fourth-order valence-electron chi connectivity index (χ4n) is 2.90. The van der Waals surface area contributed by atoms with Crippen LogP contribution >= 0.6 is 0 Å². The lowest BCUT2D eigenvalue weighted by Crippen LogP contribution is -2.35. The Labute approximate surface area is 130 Å². The topological polar surface area (TPSA) is 49.8 Å². The molecule has 0 saturated heterocycles. The van der Waals surface area contributed by atoms with Crippen LogP contribution in [0, 0.1) is 6.92 Å². The number of aromatic hydroxyl groups is 1. The van der Waals surface area contributed by atoms with Gasteiger partial charge in [-0.3, -0.25) is 4.79 Å². The van der Waals surface area contributed by atoms with E-state index >= 15 is 0 Å². The van der Waals surface area contributed by atoms with E-state index in [2.05, 4.69) is 13.0 Å². The number of fused-ring (bicyclic) bond motifs is 1. The van der Waals surface area contributed by atoms with Crippen molar-refractivity contribution >= 4 is 11.6 Å². The summed E-state index contributed by atoms with van der Waals surface area (Å²) >= 11 is 0. The van der Waals surface area contributed by atoms with Crippen LogP contribution in [0.1, 0.15) is 27.9 Å². The number of hydrogen-bond acceptors (Lipinski definition) is 3. The van der Waals surface area contributed by atoms with Crippen LogP contribution in [-0.4, -0.2) is 24.7 Å². The number of hydrogen-bond donors (Lipinski definition) is 1. The van der Waals surface area contributed by atoms with Crippen molar-refractivity contribution < 1.29 is 14.6 Å². The zero-order valence-electron chi connectivity index (χ0n) is 12.8. The standard InChI is InChI=1S/C18H19NO3/c1-12-5-8-16-13(10-12)4-3-9-19(16)18(21)15-7-6-14(22-2)11-17(15)20/h5-8,10-11,20H,3-4,9H2,1-2H3. The molecule has 0 bridgehead atoms. The summed E-state index contributed by atoms with van der Waals surface area (Å²) < 4.78 is 5.06. The van der Waals surface area contributed by atoms with Crippen molar-refractivity contribution in [2.45, 2.75) is 19.8 Å². The Bertz CT molecular complexity index is 724. The largest absolute Gasteiger partial charge is 0.507 e. The predicted molar refractivity (Wildman–Crippen MR) is 85.8 cm³/mol. The van der Waals surface area contributed by atoms with Gasteiger partial charge in [0.05, 0.1) is 12.7 Å². The van der Waals surface area contributed by atoms with Crippen LogP contribution in [0.15, 0.2) is 36.4 Å². The van der Waals surface area contributed by atoms with Gasteiger partial charge in [0, 0.05) is 18.3 Å². The van der Waals surface area contributed by atoms with Gasteiger partial charge in [-0.1, -0.05) is 17.7 Å². The monoisotopic (exact) mass is 297 g/mol. The number of nitrogens with zero attached hydrogens (tertiary/aromatic N) is 1. The fraction of sp³-hybridized carbons (Fsp3) is 0.278. The lowest BCUT2D eigenvalue weighted by molar-refractivity contribution is 0.0982. The molecule has 4 heteroatoms. The van der Waals surface area contributed by atoms with Crippen molar-refractivity contribution in [3.05, 3.63) is 53.1 Å². The Kier molecular flexibility index (Phi) is 3.75. The van der Waals surface area contributed by atoms with Crippen LogP contribution in [-0.2, 0) is 6.42 Å². The number of carbonyl (C=O) groups excluding carboxylic acids is 1. The predicted octanol–water partition coefficient (Wildman–Crippen LogP) is 3.30. The normalized spacial score (nSPS) is 13.6. The first-order valence-corrected chi connectivity index (χ1v) is 7.38. The number of anilines is 1. The molecular weight excluding hydrogens is 278 g/mol. The number of methoxy groups -OCH3 is 1. The van der Waals surface area contributed by atoms with Crippen molar-refractivity contribution in [3.8, 4) is 11.5 Å². The molecule has 1 amide bonds. The molecule has 0 spiro atoms. The van der Waals surface area contributed by atoms with Gasteiger partial charge in [0.1, 0.15) is 11.5 Å². The summed E-state index contributed by atoms with van der Waals surface area (Å²) in [5.41, 5.74) is 3.62. The third-order valence-corrected chi connectivity index (χ3v) is 4.03. The molecule has 0 aromatic heterocycles. The SMILES string of the molecule is COc1ccc(C(=O)N2CCCc3cc(C)ccc32)c(O)c1. The van der Waals surface area contributed by atoms with E-state index in [1.165, 1.54) is 24.3 Å². The summed E-state index contributed by atoms with van der Waals surface area (Å²) in [7, 11) is 1.53. The molecular formula is C18H19NO3. The van der Waals surface area contributed by atoms with Crippen LogP contribution < -0.4 is 9.64 Å². The number of aryl methyl sites for hydroxylation is 2. The van der Waals surface area contributed by atoms with Gasteiger partial charge in [-0.15, -0.1) is 0 Å². The van der Waals surface area contributed by atoms with Gasteiger partial charge in [-0.2, -0.15) is 0 Å².